The first-order valence-corrected chi connectivity index (χ1v) is 5.88. The second-order valence-electron chi connectivity index (χ2n) is 3.87. The molecule has 0 saturated heterocycles. The number of halogens is 1. The highest BCUT2D eigenvalue weighted by molar-refractivity contribution is 9.10. The molecular formula is C12H10BBrN2O. The van der Waals surface area contributed by atoms with Crippen LogP contribution in [0.5, 0.6) is 0 Å². The number of aliphatic hydroxyl groups is 1. The SMILES string of the molecule is [B]c1cccc(C(C)(O)c2cccc(Br)n2)n1. The van der Waals surface area contributed by atoms with E-state index in [1.165, 1.54) is 0 Å². The molecule has 2 aromatic rings. The van der Waals surface area contributed by atoms with E-state index in [4.69, 9.17) is 7.85 Å². The first-order valence-electron chi connectivity index (χ1n) is 5.08. The van der Waals surface area contributed by atoms with Crippen molar-refractivity contribution in [3.63, 3.8) is 0 Å². The van der Waals surface area contributed by atoms with E-state index in [0.29, 0.717) is 21.6 Å². The third-order valence-electron chi connectivity index (χ3n) is 2.48. The first kappa shape index (κ1) is 12.3. The summed E-state index contributed by atoms with van der Waals surface area (Å²) in [6, 6.07) is 10.5. The van der Waals surface area contributed by atoms with Crippen molar-refractivity contribution in [2.45, 2.75) is 12.5 Å². The number of hydrogen-bond donors (Lipinski definition) is 1. The monoisotopic (exact) mass is 288 g/mol. The third kappa shape index (κ3) is 2.56. The molecule has 1 N–H and O–H groups in total. The minimum absolute atomic E-state index is 0.373. The molecule has 3 nitrogen and oxygen atoms in total. The van der Waals surface area contributed by atoms with E-state index in [-0.39, 0.29) is 0 Å². The van der Waals surface area contributed by atoms with E-state index in [9.17, 15) is 5.11 Å². The van der Waals surface area contributed by atoms with Crippen molar-refractivity contribution in [1.82, 2.24) is 9.97 Å². The average molecular weight is 289 g/mol. The topological polar surface area (TPSA) is 46.0 Å². The number of nitrogens with zero attached hydrogens (tertiary/aromatic N) is 2. The van der Waals surface area contributed by atoms with Crippen molar-refractivity contribution in [3.8, 4) is 0 Å². The van der Waals surface area contributed by atoms with Crippen LogP contribution in [0, 0.1) is 0 Å². The Morgan fingerprint density at radius 1 is 1.12 bits per heavy atom. The lowest BCUT2D eigenvalue weighted by atomic mass is 9.94. The lowest BCUT2D eigenvalue weighted by Gasteiger charge is -2.22. The van der Waals surface area contributed by atoms with Crippen LogP contribution in [-0.4, -0.2) is 22.9 Å². The fourth-order valence-corrected chi connectivity index (χ4v) is 1.88. The minimum atomic E-state index is -1.26. The molecule has 2 rings (SSSR count). The average Bonchev–Trinajstić information content (AvgIpc) is 2.29. The molecule has 2 heterocycles. The van der Waals surface area contributed by atoms with Crippen molar-refractivity contribution in [1.29, 1.82) is 0 Å². The molecule has 1 atom stereocenters. The molecule has 0 amide bonds. The second-order valence-corrected chi connectivity index (χ2v) is 4.68. The number of rotatable bonds is 2. The van der Waals surface area contributed by atoms with Gasteiger partial charge in [0.05, 0.1) is 11.4 Å². The zero-order valence-corrected chi connectivity index (χ0v) is 10.8. The molecule has 2 aromatic heterocycles. The third-order valence-corrected chi connectivity index (χ3v) is 2.92. The van der Waals surface area contributed by atoms with Gasteiger partial charge in [0.25, 0.3) is 0 Å². The normalized spacial score (nSPS) is 14.3. The molecule has 0 bridgehead atoms. The number of aromatic nitrogens is 2. The Morgan fingerprint density at radius 2 is 1.71 bits per heavy atom. The van der Waals surface area contributed by atoms with Crippen molar-refractivity contribution in [3.05, 3.63) is 52.4 Å². The molecule has 2 radical (unpaired) electrons. The summed E-state index contributed by atoms with van der Waals surface area (Å²) in [4.78, 5) is 8.36. The molecule has 1 unspecified atom stereocenters. The minimum Gasteiger partial charge on any atom is -0.377 e. The fraction of sp³-hybridized carbons (Fsp3) is 0.167. The van der Waals surface area contributed by atoms with Gasteiger partial charge in [-0.3, -0.25) is 4.98 Å². The van der Waals surface area contributed by atoms with E-state index in [0.717, 1.165) is 0 Å². The lowest BCUT2D eigenvalue weighted by molar-refractivity contribution is 0.0927. The Bertz CT molecular complexity index is 498. The van der Waals surface area contributed by atoms with Gasteiger partial charge >= 0.3 is 0 Å². The molecule has 0 saturated carbocycles. The zero-order valence-electron chi connectivity index (χ0n) is 9.26. The van der Waals surface area contributed by atoms with Crippen molar-refractivity contribution in [2.24, 2.45) is 0 Å². The van der Waals surface area contributed by atoms with Crippen LogP contribution in [0.1, 0.15) is 18.3 Å². The van der Waals surface area contributed by atoms with Gasteiger partial charge in [-0.1, -0.05) is 18.2 Å². The summed E-state index contributed by atoms with van der Waals surface area (Å²) in [5, 5.41) is 10.5. The first-order chi connectivity index (χ1) is 8.00. The van der Waals surface area contributed by atoms with Gasteiger partial charge < -0.3 is 5.11 Å². The van der Waals surface area contributed by atoms with Crippen molar-refractivity contribution >= 4 is 29.4 Å². The van der Waals surface area contributed by atoms with E-state index in [1.54, 1.807) is 37.3 Å². The second kappa shape index (κ2) is 4.59. The Kier molecular flexibility index (Phi) is 3.31. The van der Waals surface area contributed by atoms with Crippen LogP contribution in [0.4, 0.5) is 0 Å². The largest absolute Gasteiger partial charge is 0.377 e. The van der Waals surface area contributed by atoms with Crippen LogP contribution in [0.3, 0.4) is 0 Å². The Labute approximate surface area is 109 Å². The summed E-state index contributed by atoms with van der Waals surface area (Å²) in [6.07, 6.45) is 0. The van der Waals surface area contributed by atoms with Crippen LogP contribution in [0.25, 0.3) is 0 Å². The molecule has 5 heteroatoms. The molecule has 0 spiro atoms. The summed E-state index contributed by atoms with van der Waals surface area (Å²) in [6.45, 7) is 1.64. The lowest BCUT2D eigenvalue weighted by Crippen LogP contribution is -2.28. The predicted octanol–water partition coefficient (Wildman–Crippen LogP) is 1.29. The van der Waals surface area contributed by atoms with Crippen LogP contribution < -0.4 is 5.59 Å². The fourth-order valence-electron chi connectivity index (χ4n) is 1.53. The van der Waals surface area contributed by atoms with Gasteiger partial charge in [0.15, 0.2) is 0 Å². The van der Waals surface area contributed by atoms with E-state index in [2.05, 4.69) is 25.9 Å². The molecule has 17 heavy (non-hydrogen) atoms. The molecule has 0 aliphatic carbocycles. The van der Waals surface area contributed by atoms with Gasteiger partial charge in [-0.2, -0.15) is 0 Å². The summed E-state index contributed by atoms with van der Waals surface area (Å²) in [5.74, 6) is 0. The van der Waals surface area contributed by atoms with Gasteiger partial charge in [0.1, 0.15) is 18.1 Å². The van der Waals surface area contributed by atoms with Gasteiger partial charge in [-0.05, 0) is 46.6 Å². The van der Waals surface area contributed by atoms with Gasteiger partial charge in [0.2, 0.25) is 0 Å². The van der Waals surface area contributed by atoms with Gasteiger partial charge in [-0.25, -0.2) is 4.98 Å². The predicted molar refractivity (Wildman–Crippen MR) is 70.2 cm³/mol. The van der Waals surface area contributed by atoms with Crippen LogP contribution in [0.15, 0.2) is 41.0 Å². The van der Waals surface area contributed by atoms with E-state index < -0.39 is 5.60 Å². The molecule has 0 aliphatic heterocycles. The van der Waals surface area contributed by atoms with Gasteiger partial charge in [0, 0.05) is 0 Å². The number of hydrogen-bond acceptors (Lipinski definition) is 3. The highest BCUT2D eigenvalue weighted by Crippen LogP contribution is 2.26. The Hall–Kier alpha value is -1.20. The van der Waals surface area contributed by atoms with Crippen molar-refractivity contribution < 1.29 is 5.11 Å². The van der Waals surface area contributed by atoms with Crippen LogP contribution in [0.2, 0.25) is 0 Å². The maximum Gasteiger partial charge on any atom is 0.145 e. The van der Waals surface area contributed by atoms with Crippen LogP contribution >= 0.6 is 15.9 Å². The highest BCUT2D eigenvalue weighted by Gasteiger charge is 2.28. The standard InChI is InChI=1S/C12H10BBrN2O/c1-12(17,8-4-2-6-10(13)15-8)9-5-3-7-11(14)16-9/h2-7,17H,1H3. The van der Waals surface area contributed by atoms with Crippen LogP contribution in [-0.2, 0) is 5.60 Å². The maximum atomic E-state index is 10.5. The maximum absolute atomic E-state index is 10.5. The zero-order chi connectivity index (χ0) is 12.5. The summed E-state index contributed by atoms with van der Waals surface area (Å²) < 4.78 is 0.666. The summed E-state index contributed by atoms with van der Waals surface area (Å²) in [5.41, 5.74) is 0.102. The molecular weight excluding hydrogens is 279 g/mol. The molecule has 0 aromatic carbocycles. The Morgan fingerprint density at radius 3 is 2.29 bits per heavy atom. The quantitative estimate of drug-likeness (QED) is 0.669. The Balaban J connectivity index is 2.49. The summed E-state index contributed by atoms with van der Waals surface area (Å²) >= 11 is 3.27. The molecule has 0 aliphatic rings. The van der Waals surface area contributed by atoms with Crippen molar-refractivity contribution in [2.75, 3.05) is 0 Å². The van der Waals surface area contributed by atoms with Gasteiger partial charge in [-0.15, -0.1) is 0 Å². The summed E-state index contributed by atoms with van der Waals surface area (Å²) in [7, 11) is 5.61. The van der Waals surface area contributed by atoms with E-state index >= 15 is 0 Å². The number of pyridine rings is 2. The molecule has 0 fully saturated rings. The smallest absolute Gasteiger partial charge is 0.145 e. The molecule has 84 valence electrons. The highest BCUT2D eigenvalue weighted by atomic mass is 79.9. The van der Waals surface area contributed by atoms with E-state index in [1.807, 2.05) is 6.07 Å².